The molecular weight excluding hydrogens is 419 g/mol. The molecule has 1 aromatic carbocycles. The van der Waals surface area contributed by atoms with Crippen LogP contribution in [0.1, 0.15) is 42.5 Å². The number of rotatable bonds is 9. The molecule has 0 atom stereocenters. The summed E-state index contributed by atoms with van der Waals surface area (Å²) in [4.78, 5) is 13.8. The molecule has 30 heavy (non-hydrogen) atoms. The number of halogens is 3. The molecule has 1 aliphatic carbocycles. The van der Waals surface area contributed by atoms with Gasteiger partial charge in [0.15, 0.2) is 0 Å². The summed E-state index contributed by atoms with van der Waals surface area (Å²) in [6.45, 7) is -0.0703. The SMILES string of the molecule is CN(C)CCN(CC1CCCCC1)S(=O)(=O)c1ccc(C(=O)NCC(F)(F)F)cc1. The van der Waals surface area contributed by atoms with Gasteiger partial charge in [-0.3, -0.25) is 4.79 Å². The Morgan fingerprint density at radius 2 is 1.67 bits per heavy atom. The highest BCUT2D eigenvalue weighted by Gasteiger charge is 2.29. The Kier molecular flexibility index (Phi) is 8.69. The van der Waals surface area contributed by atoms with Crippen LogP contribution in [0.5, 0.6) is 0 Å². The summed E-state index contributed by atoms with van der Waals surface area (Å²) in [5, 5.41) is 1.78. The lowest BCUT2D eigenvalue weighted by molar-refractivity contribution is -0.123. The van der Waals surface area contributed by atoms with Gasteiger partial charge in [-0.05, 0) is 57.1 Å². The number of nitrogens with zero attached hydrogens (tertiary/aromatic N) is 2. The fourth-order valence-electron chi connectivity index (χ4n) is 3.49. The van der Waals surface area contributed by atoms with Gasteiger partial charge in [0.25, 0.3) is 5.91 Å². The summed E-state index contributed by atoms with van der Waals surface area (Å²) >= 11 is 0. The van der Waals surface area contributed by atoms with E-state index in [0.717, 1.165) is 25.7 Å². The molecule has 2 rings (SSSR count). The molecule has 1 aromatic rings. The summed E-state index contributed by atoms with van der Waals surface area (Å²) in [6, 6.07) is 5.04. The smallest absolute Gasteiger partial charge is 0.343 e. The van der Waals surface area contributed by atoms with Crippen LogP contribution in [0.2, 0.25) is 0 Å². The fourth-order valence-corrected chi connectivity index (χ4v) is 5.00. The minimum Gasteiger partial charge on any atom is -0.343 e. The van der Waals surface area contributed by atoms with Crippen LogP contribution >= 0.6 is 0 Å². The second-order valence-electron chi connectivity index (χ2n) is 7.99. The van der Waals surface area contributed by atoms with Crippen molar-refractivity contribution < 1.29 is 26.4 Å². The maximum absolute atomic E-state index is 13.2. The number of alkyl halides is 3. The van der Waals surface area contributed by atoms with Crippen molar-refractivity contribution in [1.29, 1.82) is 0 Å². The first-order valence-electron chi connectivity index (χ1n) is 10.1. The van der Waals surface area contributed by atoms with Crippen molar-refractivity contribution >= 4 is 15.9 Å². The summed E-state index contributed by atoms with van der Waals surface area (Å²) in [6.07, 6.45) is 0.893. The van der Waals surface area contributed by atoms with Gasteiger partial charge in [-0.15, -0.1) is 0 Å². The third kappa shape index (κ3) is 7.55. The van der Waals surface area contributed by atoms with Crippen LogP contribution in [-0.2, 0) is 10.0 Å². The van der Waals surface area contributed by atoms with Gasteiger partial charge < -0.3 is 10.2 Å². The van der Waals surface area contributed by atoms with Gasteiger partial charge in [-0.2, -0.15) is 17.5 Å². The molecule has 1 amide bonds. The first-order valence-corrected chi connectivity index (χ1v) is 11.5. The third-order valence-corrected chi connectivity index (χ3v) is 7.07. The van der Waals surface area contributed by atoms with Crippen molar-refractivity contribution in [2.24, 2.45) is 5.92 Å². The molecule has 0 aliphatic heterocycles. The van der Waals surface area contributed by atoms with Crippen LogP contribution in [0, 0.1) is 5.92 Å². The largest absolute Gasteiger partial charge is 0.405 e. The Bertz CT molecular complexity index is 790. The Labute approximate surface area is 176 Å². The van der Waals surface area contributed by atoms with Crippen molar-refractivity contribution in [2.45, 2.75) is 43.2 Å². The van der Waals surface area contributed by atoms with Gasteiger partial charge in [-0.1, -0.05) is 19.3 Å². The van der Waals surface area contributed by atoms with Gasteiger partial charge in [0, 0.05) is 25.2 Å². The molecule has 0 radical (unpaired) electrons. The molecule has 10 heteroatoms. The number of benzene rings is 1. The van der Waals surface area contributed by atoms with E-state index in [2.05, 4.69) is 0 Å². The van der Waals surface area contributed by atoms with Gasteiger partial charge in [-0.25, -0.2) is 8.42 Å². The molecule has 0 unspecified atom stereocenters. The summed E-state index contributed by atoms with van der Waals surface area (Å²) in [7, 11) is -0.0296. The molecule has 0 aromatic heterocycles. The zero-order chi connectivity index (χ0) is 22.4. The third-order valence-electron chi connectivity index (χ3n) is 5.19. The van der Waals surface area contributed by atoms with Crippen LogP contribution < -0.4 is 5.32 Å². The number of amides is 1. The van der Waals surface area contributed by atoms with Crippen molar-refractivity contribution in [1.82, 2.24) is 14.5 Å². The molecule has 0 spiro atoms. The molecule has 6 nitrogen and oxygen atoms in total. The second kappa shape index (κ2) is 10.6. The zero-order valence-electron chi connectivity index (χ0n) is 17.4. The summed E-state index contributed by atoms with van der Waals surface area (Å²) < 4.78 is 64.7. The highest BCUT2D eigenvalue weighted by Crippen LogP contribution is 2.27. The van der Waals surface area contributed by atoms with Crippen LogP contribution in [-0.4, -0.2) is 70.0 Å². The quantitative estimate of drug-likeness (QED) is 0.629. The van der Waals surface area contributed by atoms with Crippen LogP contribution in [0.4, 0.5) is 13.2 Å². The average molecular weight is 450 g/mol. The van der Waals surface area contributed by atoms with Crippen LogP contribution in [0.15, 0.2) is 29.2 Å². The second-order valence-corrected chi connectivity index (χ2v) is 9.93. The summed E-state index contributed by atoms with van der Waals surface area (Å²) in [5.41, 5.74) is -0.0228. The van der Waals surface area contributed by atoms with Crippen LogP contribution in [0.3, 0.4) is 0 Å². The first-order chi connectivity index (χ1) is 14.0. The Balaban J connectivity index is 2.14. The number of carbonyl (C=O) groups excluding carboxylic acids is 1. The zero-order valence-corrected chi connectivity index (χ0v) is 18.2. The van der Waals surface area contributed by atoms with E-state index < -0.39 is 28.7 Å². The minimum absolute atomic E-state index is 0.0228. The average Bonchev–Trinajstić information content (AvgIpc) is 2.69. The molecule has 0 heterocycles. The van der Waals surface area contributed by atoms with Crippen molar-refractivity contribution in [2.75, 3.05) is 40.3 Å². The number of nitrogens with one attached hydrogen (secondary N) is 1. The van der Waals surface area contributed by atoms with Gasteiger partial charge in [0.05, 0.1) is 4.90 Å². The predicted molar refractivity (Wildman–Crippen MR) is 109 cm³/mol. The van der Waals surface area contributed by atoms with E-state index in [-0.39, 0.29) is 10.5 Å². The minimum atomic E-state index is -4.51. The molecule has 0 bridgehead atoms. The normalized spacial score (nSPS) is 16.2. The standard InChI is InChI=1S/C20H30F3N3O3S/c1-25(2)12-13-26(14-16-6-4-3-5-7-16)30(28,29)18-10-8-17(9-11-18)19(27)24-15-20(21,22)23/h8-11,16H,3-7,12-15H2,1-2H3,(H,24,27). The lowest BCUT2D eigenvalue weighted by Crippen LogP contribution is -2.40. The van der Waals surface area contributed by atoms with Crippen LogP contribution in [0.25, 0.3) is 0 Å². The lowest BCUT2D eigenvalue weighted by atomic mass is 9.89. The summed E-state index contributed by atoms with van der Waals surface area (Å²) in [5.74, 6) is -0.578. The maximum Gasteiger partial charge on any atom is 0.405 e. The monoisotopic (exact) mass is 449 g/mol. The van der Waals surface area contributed by atoms with Crippen molar-refractivity contribution in [3.8, 4) is 0 Å². The topological polar surface area (TPSA) is 69.7 Å². The van der Waals surface area contributed by atoms with Crippen molar-refractivity contribution in [3.05, 3.63) is 29.8 Å². The molecular formula is C20H30F3N3O3S. The molecule has 1 N–H and O–H groups in total. The highest BCUT2D eigenvalue weighted by molar-refractivity contribution is 7.89. The van der Waals surface area contributed by atoms with Gasteiger partial charge in [0.2, 0.25) is 10.0 Å². The number of carbonyl (C=O) groups is 1. The van der Waals surface area contributed by atoms with E-state index in [1.54, 1.807) is 5.32 Å². The van der Waals surface area contributed by atoms with E-state index >= 15 is 0 Å². The number of sulfonamides is 1. The Morgan fingerprint density at radius 3 is 2.20 bits per heavy atom. The number of hydrogen-bond acceptors (Lipinski definition) is 4. The molecule has 170 valence electrons. The van der Waals surface area contributed by atoms with E-state index in [1.165, 1.54) is 35.0 Å². The lowest BCUT2D eigenvalue weighted by Gasteiger charge is -2.30. The van der Waals surface area contributed by atoms with E-state index in [4.69, 9.17) is 0 Å². The predicted octanol–water partition coefficient (Wildman–Crippen LogP) is 3.11. The fraction of sp³-hybridized carbons (Fsp3) is 0.650. The molecule has 1 aliphatic rings. The van der Waals surface area contributed by atoms with E-state index in [0.29, 0.717) is 25.6 Å². The van der Waals surface area contributed by atoms with Crippen molar-refractivity contribution in [3.63, 3.8) is 0 Å². The molecule has 1 saturated carbocycles. The highest BCUT2D eigenvalue weighted by atomic mass is 32.2. The maximum atomic E-state index is 13.2. The Hall–Kier alpha value is -1.65. The Morgan fingerprint density at radius 1 is 1.07 bits per heavy atom. The molecule has 1 fully saturated rings. The number of likely N-dealkylation sites (N-methyl/N-ethyl adjacent to an activating group) is 1. The van der Waals surface area contributed by atoms with E-state index in [1.807, 2.05) is 19.0 Å². The van der Waals surface area contributed by atoms with E-state index in [9.17, 15) is 26.4 Å². The number of hydrogen-bond donors (Lipinski definition) is 1. The van der Waals surface area contributed by atoms with Gasteiger partial charge >= 0.3 is 6.18 Å². The van der Waals surface area contributed by atoms with Gasteiger partial charge in [0.1, 0.15) is 6.54 Å². The molecule has 0 saturated heterocycles. The first kappa shape index (κ1) is 24.6.